The molecule has 4 heteroatoms. The topological polar surface area (TPSA) is 54.4 Å². The molecule has 0 heterocycles. The van der Waals surface area contributed by atoms with Crippen molar-refractivity contribution in [1.29, 1.82) is 0 Å². The highest BCUT2D eigenvalue weighted by atomic mass is 35.5. The highest BCUT2D eigenvalue weighted by Gasteiger charge is 2.12. The van der Waals surface area contributed by atoms with Crippen molar-refractivity contribution in [3.63, 3.8) is 0 Å². The van der Waals surface area contributed by atoms with Gasteiger partial charge in [0, 0.05) is 17.9 Å². The maximum atomic E-state index is 12.1. The third kappa shape index (κ3) is 4.43. The average molecular weight is 317 g/mol. The Hall–Kier alpha value is -2.13. The first kappa shape index (κ1) is 16.2. The molecule has 0 saturated heterocycles. The fourth-order valence-corrected chi connectivity index (χ4v) is 2.44. The molecule has 0 bridgehead atoms. The summed E-state index contributed by atoms with van der Waals surface area (Å²) in [6.07, 6.45) is 0.764. The van der Waals surface area contributed by atoms with Gasteiger partial charge in [0.2, 0.25) is 0 Å². The number of carboxylic acid groups (broad SMARTS) is 1. The first-order valence-electron chi connectivity index (χ1n) is 7.05. The lowest BCUT2D eigenvalue weighted by Gasteiger charge is -2.11. The van der Waals surface area contributed by atoms with Crippen LogP contribution in [0.15, 0.2) is 48.5 Å². The molecule has 0 fully saturated rings. The van der Waals surface area contributed by atoms with E-state index in [1.807, 2.05) is 31.2 Å². The third-order valence-electron chi connectivity index (χ3n) is 3.58. The zero-order valence-corrected chi connectivity index (χ0v) is 13.0. The summed E-state index contributed by atoms with van der Waals surface area (Å²) in [4.78, 5) is 22.9. The minimum Gasteiger partial charge on any atom is -0.478 e. The highest BCUT2D eigenvalue weighted by Crippen LogP contribution is 2.22. The Labute approximate surface area is 134 Å². The summed E-state index contributed by atoms with van der Waals surface area (Å²) >= 11 is 5.86. The molecular formula is C18H17ClO3. The molecule has 2 rings (SSSR count). The molecule has 114 valence electrons. The number of benzene rings is 2. The molecule has 1 N–H and O–H groups in total. The van der Waals surface area contributed by atoms with Gasteiger partial charge >= 0.3 is 5.97 Å². The van der Waals surface area contributed by atoms with Crippen LogP contribution in [0.3, 0.4) is 0 Å². The second-order valence-electron chi connectivity index (χ2n) is 5.37. The van der Waals surface area contributed by atoms with Crippen molar-refractivity contribution in [2.24, 2.45) is 0 Å². The van der Waals surface area contributed by atoms with Crippen LogP contribution < -0.4 is 0 Å². The van der Waals surface area contributed by atoms with E-state index in [0.29, 0.717) is 17.9 Å². The monoisotopic (exact) mass is 316 g/mol. The van der Waals surface area contributed by atoms with Gasteiger partial charge in [0.25, 0.3) is 0 Å². The van der Waals surface area contributed by atoms with Crippen LogP contribution >= 0.6 is 11.6 Å². The molecule has 22 heavy (non-hydrogen) atoms. The number of aromatic carboxylic acids is 1. The van der Waals surface area contributed by atoms with Crippen molar-refractivity contribution in [1.82, 2.24) is 0 Å². The fraction of sp³-hybridized carbons (Fsp3) is 0.222. The van der Waals surface area contributed by atoms with Gasteiger partial charge in [-0.15, -0.1) is 0 Å². The summed E-state index contributed by atoms with van der Waals surface area (Å²) in [5, 5.41) is 9.53. The standard InChI is InChI=1S/C18H17ClO3/c1-12(14-6-8-16(19)9-7-14)10-17(20)11-13-2-4-15(5-3-13)18(21)22/h2-9,12H,10-11H2,1H3,(H,21,22). The molecule has 0 aromatic heterocycles. The summed E-state index contributed by atoms with van der Waals surface area (Å²) < 4.78 is 0. The number of ketones is 1. The van der Waals surface area contributed by atoms with E-state index < -0.39 is 5.97 Å². The van der Waals surface area contributed by atoms with Crippen LogP contribution in [0.4, 0.5) is 0 Å². The number of hydrogen-bond acceptors (Lipinski definition) is 2. The predicted molar refractivity (Wildman–Crippen MR) is 86.6 cm³/mol. The number of carbonyl (C=O) groups excluding carboxylic acids is 1. The maximum Gasteiger partial charge on any atom is 0.335 e. The summed E-state index contributed by atoms with van der Waals surface area (Å²) in [6, 6.07) is 13.9. The molecule has 0 aliphatic carbocycles. The Morgan fingerprint density at radius 3 is 2.18 bits per heavy atom. The third-order valence-corrected chi connectivity index (χ3v) is 3.83. The van der Waals surface area contributed by atoms with Crippen LogP contribution in [0.1, 0.15) is 40.7 Å². The Bertz CT molecular complexity index is 660. The van der Waals surface area contributed by atoms with Gasteiger partial charge in [-0.2, -0.15) is 0 Å². The first-order chi connectivity index (χ1) is 10.5. The van der Waals surface area contributed by atoms with Crippen molar-refractivity contribution in [2.45, 2.75) is 25.7 Å². The molecule has 0 saturated carbocycles. The lowest BCUT2D eigenvalue weighted by Crippen LogP contribution is -2.08. The van der Waals surface area contributed by atoms with Gasteiger partial charge in [-0.1, -0.05) is 42.8 Å². The highest BCUT2D eigenvalue weighted by molar-refractivity contribution is 6.30. The Morgan fingerprint density at radius 2 is 1.64 bits per heavy atom. The maximum absolute atomic E-state index is 12.1. The van der Waals surface area contributed by atoms with Crippen LogP contribution in [-0.4, -0.2) is 16.9 Å². The zero-order valence-electron chi connectivity index (χ0n) is 12.3. The number of carboxylic acids is 1. The minimum atomic E-state index is -0.964. The molecular weight excluding hydrogens is 300 g/mol. The molecule has 0 spiro atoms. The van der Waals surface area contributed by atoms with Crippen LogP contribution in [0.25, 0.3) is 0 Å². The Balaban J connectivity index is 1.94. The van der Waals surface area contributed by atoms with Gasteiger partial charge < -0.3 is 5.11 Å². The van der Waals surface area contributed by atoms with E-state index in [2.05, 4.69) is 0 Å². The molecule has 3 nitrogen and oxygen atoms in total. The van der Waals surface area contributed by atoms with E-state index in [9.17, 15) is 9.59 Å². The molecule has 0 aliphatic rings. The number of hydrogen-bond donors (Lipinski definition) is 1. The van der Waals surface area contributed by atoms with E-state index in [1.165, 1.54) is 12.1 Å². The summed E-state index contributed by atoms with van der Waals surface area (Å²) in [7, 11) is 0. The summed E-state index contributed by atoms with van der Waals surface area (Å²) in [5.41, 5.74) is 2.14. The SMILES string of the molecule is CC(CC(=O)Cc1ccc(C(=O)O)cc1)c1ccc(Cl)cc1. The molecule has 2 aromatic carbocycles. The minimum absolute atomic E-state index is 0.128. The van der Waals surface area contributed by atoms with Gasteiger partial charge in [0.1, 0.15) is 5.78 Å². The van der Waals surface area contributed by atoms with Crippen molar-refractivity contribution in [2.75, 3.05) is 0 Å². The summed E-state index contributed by atoms with van der Waals surface area (Å²) in [6.45, 7) is 2.01. The first-order valence-corrected chi connectivity index (χ1v) is 7.43. The lowest BCUT2D eigenvalue weighted by atomic mass is 9.93. The smallest absolute Gasteiger partial charge is 0.335 e. The normalized spacial score (nSPS) is 11.9. The van der Waals surface area contributed by atoms with Crippen LogP contribution in [0.5, 0.6) is 0 Å². The fourth-order valence-electron chi connectivity index (χ4n) is 2.32. The van der Waals surface area contributed by atoms with Gasteiger partial charge in [0.05, 0.1) is 5.56 Å². The number of Topliss-reactive ketones (excluding diaryl/α,β-unsaturated/α-hetero) is 1. The van der Waals surface area contributed by atoms with Crippen LogP contribution in [-0.2, 0) is 11.2 Å². The van der Waals surface area contributed by atoms with Crippen LogP contribution in [0, 0.1) is 0 Å². The van der Waals surface area contributed by atoms with Crippen molar-refractivity contribution >= 4 is 23.4 Å². The van der Waals surface area contributed by atoms with Crippen molar-refractivity contribution < 1.29 is 14.7 Å². The van der Waals surface area contributed by atoms with E-state index in [-0.39, 0.29) is 17.3 Å². The lowest BCUT2D eigenvalue weighted by molar-refractivity contribution is -0.118. The van der Waals surface area contributed by atoms with Gasteiger partial charge in [0.15, 0.2) is 0 Å². The number of halogens is 1. The molecule has 1 unspecified atom stereocenters. The zero-order chi connectivity index (χ0) is 16.1. The van der Waals surface area contributed by atoms with E-state index in [1.54, 1.807) is 12.1 Å². The van der Waals surface area contributed by atoms with Gasteiger partial charge in [-0.05, 0) is 41.3 Å². The second kappa shape index (κ2) is 7.23. The molecule has 2 aromatic rings. The molecule has 0 radical (unpaired) electrons. The number of rotatable bonds is 6. The van der Waals surface area contributed by atoms with Crippen molar-refractivity contribution in [3.05, 3.63) is 70.2 Å². The molecule has 0 aliphatic heterocycles. The van der Waals surface area contributed by atoms with Crippen molar-refractivity contribution in [3.8, 4) is 0 Å². The Kier molecular flexibility index (Phi) is 5.34. The quantitative estimate of drug-likeness (QED) is 0.862. The van der Waals surface area contributed by atoms with Gasteiger partial charge in [-0.3, -0.25) is 4.79 Å². The molecule has 1 atom stereocenters. The Morgan fingerprint density at radius 1 is 1.05 bits per heavy atom. The van der Waals surface area contributed by atoms with E-state index in [0.717, 1.165) is 11.1 Å². The van der Waals surface area contributed by atoms with E-state index in [4.69, 9.17) is 16.7 Å². The predicted octanol–water partition coefficient (Wildman–Crippen LogP) is 4.34. The molecule has 0 amide bonds. The van der Waals surface area contributed by atoms with Gasteiger partial charge in [-0.25, -0.2) is 4.79 Å². The average Bonchev–Trinajstić information content (AvgIpc) is 2.48. The second-order valence-corrected chi connectivity index (χ2v) is 5.81. The van der Waals surface area contributed by atoms with E-state index >= 15 is 0 Å². The largest absolute Gasteiger partial charge is 0.478 e. The van der Waals surface area contributed by atoms with Crippen LogP contribution in [0.2, 0.25) is 5.02 Å². The number of carbonyl (C=O) groups is 2. The summed E-state index contributed by atoms with van der Waals surface area (Å²) in [5.74, 6) is -0.706.